The molecule has 2 aromatic rings. The zero-order chi connectivity index (χ0) is 15.7. The van der Waals surface area contributed by atoms with Crippen molar-refractivity contribution in [2.45, 2.75) is 32.4 Å². The van der Waals surface area contributed by atoms with Gasteiger partial charge in [-0.25, -0.2) is 4.79 Å². The Labute approximate surface area is 130 Å². The Kier molecular flexibility index (Phi) is 3.83. The van der Waals surface area contributed by atoms with Gasteiger partial charge in [-0.05, 0) is 38.5 Å². The van der Waals surface area contributed by atoms with Gasteiger partial charge >= 0.3 is 6.09 Å². The maximum Gasteiger partial charge on any atom is 0.410 e. The van der Waals surface area contributed by atoms with Gasteiger partial charge in [0.15, 0.2) is 0 Å². The Morgan fingerprint density at radius 2 is 2.14 bits per heavy atom. The van der Waals surface area contributed by atoms with Crippen LogP contribution in [0, 0.1) is 0 Å². The highest BCUT2D eigenvalue weighted by atomic mass is 16.6. The van der Waals surface area contributed by atoms with Crippen LogP contribution in [0.5, 0.6) is 0 Å². The van der Waals surface area contributed by atoms with Gasteiger partial charge < -0.3 is 15.0 Å². The number of fused-ring (bicyclic) bond motifs is 1. The molecule has 3 rings (SSSR count). The molecule has 118 valence electrons. The number of aromatic nitrogens is 1. The number of piperazine rings is 1. The smallest absolute Gasteiger partial charge is 0.410 e. The second kappa shape index (κ2) is 5.65. The molecule has 1 amide bonds. The minimum atomic E-state index is -0.480. The van der Waals surface area contributed by atoms with E-state index in [2.05, 4.69) is 22.4 Å². The summed E-state index contributed by atoms with van der Waals surface area (Å²) in [6.45, 7) is 7.88. The number of benzene rings is 1. The minimum absolute atomic E-state index is 0.0110. The van der Waals surface area contributed by atoms with Crippen LogP contribution in [0.1, 0.15) is 32.4 Å². The van der Waals surface area contributed by atoms with Crippen LogP contribution < -0.4 is 5.32 Å². The SMILES string of the molecule is CC(C)(C)OC(=O)N1CCNCC1c1cccc2[nH]ccc12. The Balaban J connectivity index is 1.93. The molecule has 1 saturated heterocycles. The van der Waals surface area contributed by atoms with Gasteiger partial charge in [0.25, 0.3) is 0 Å². The first kappa shape index (κ1) is 14.9. The number of amides is 1. The van der Waals surface area contributed by atoms with E-state index in [1.807, 2.05) is 44.0 Å². The normalized spacial score (nSPS) is 19.4. The number of aromatic amines is 1. The molecule has 1 aromatic heterocycles. The fraction of sp³-hybridized carbons (Fsp3) is 0.471. The first-order valence-corrected chi connectivity index (χ1v) is 7.72. The van der Waals surface area contributed by atoms with E-state index >= 15 is 0 Å². The van der Waals surface area contributed by atoms with E-state index in [0.717, 1.165) is 29.6 Å². The fourth-order valence-electron chi connectivity index (χ4n) is 2.92. The molecule has 22 heavy (non-hydrogen) atoms. The highest BCUT2D eigenvalue weighted by molar-refractivity contribution is 5.84. The molecule has 5 heteroatoms. The highest BCUT2D eigenvalue weighted by Gasteiger charge is 2.32. The predicted molar refractivity (Wildman–Crippen MR) is 86.8 cm³/mol. The molecule has 1 aliphatic heterocycles. The summed E-state index contributed by atoms with van der Waals surface area (Å²) in [4.78, 5) is 17.6. The lowest BCUT2D eigenvalue weighted by atomic mass is 10.00. The van der Waals surface area contributed by atoms with Crippen molar-refractivity contribution in [3.8, 4) is 0 Å². The Morgan fingerprint density at radius 3 is 2.91 bits per heavy atom. The van der Waals surface area contributed by atoms with Crippen LogP contribution in [0.15, 0.2) is 30.5 Å². The number of H-pyrrole nitrogens is 1. The predicted octanol–water partition coefficient (Wildman–Crippen LogP) is 3.05. The van der Waals surface area contributed by atoms with Crippen LogP contribution in [0.4, 0.5) is 4.79 Å². The second-order valence-electron chi connectivity index (χ2n) is 6.68. The molecule has 0 bridgehead atoms. The number of carbonyl (C=O) groups excluding carboxylic acids is 1. The van der Waals surface area contributed by atoms with Gasteiger partial charge in [-0.3, -0.25) is 4.90 Å². The third-order valence-electron chi connectivity index (χ3n) is 3.86. The average molecular weight is 301 g/mol. The lowest BCUT2D eigenvalue weighted by Gasteiger charge is -2.37. The molecule has 2 heterocycles. The molecular weight excluding hydrogens is 278 g/mol. The number of ether oxygens (including phenoxy) is 1. The topological polar surface area (TPSA) is 57.4 Å². The van der Waals surface area contributed by atoms with E-state index in [0.29, 0.717) is 6.54 Å². The van der Waals surface area contributed by atoms with E-state index in [1.165, 1.54) is 0 Å². The number of nitrogens with one attached hydrogen (secondary N) is 2. The molecule has 1 fully saturated rings. The lowest BCUT2D eigenvalue weighted by molar-refractivity contribution is 0.0119. The zero-order valence-corrected chi connectivity index (χ0v) is 13.3. The number of nitrogens with zero attached hydrogens (tertiary/aromatic N) is 1. The Morgan fingerprint density at radius 1 is 1.32 bits per heavy atom. The minimum Gasteiger partial charge on any atom is -0.444 e. The maximum atomic E-state index is 12.5. The number of carbonyl (C=O) groups is 1. The van der Waals surface area contributed by atoms with Crippen LogP contribution in [-0.4, -0.2) is 41.2 Å². The third kappa shape index (κ3) is 2.95. The van der Waals surface area contributed by atoms with Crippen molar-refractivity contribution >= 4 is 17.0 Å². The molecule has 0 radical (unpaired) electrons. The fourth-order valence-corrected chi connectivity index (χ4v) is 2.92. The highest BCUT2D eigenvalue weighted by Crippen LogP contribution is 2.30. The van der Waals surface area contributed by atoms with Crippen molar-refractivity contribution < 1.29 is 9.53 Å². The summed E-state index contributed by atoms with van der Waals surface area (Å²) in [6.07, 6.45) is 1.69. The van der Waals surface area contributed by atoms with Crippen molar-refractivity contribution in [3.05, 3.63) is 36.0 Å². The summed E-state index contributed by atoms with van der Waals surface area (Å²) in [6, 6.07) is 8.21. The summed E-state index contributed by atoms with van der Waals surface area (Å²) in [5, 5.41) is 4.54. The molecule has 5 nitrogen and oxygen atoms in total. The molecule has 1 unspecified atom stereocenters. The average Bonchev–Trinajstić information content (AvgIpc) is 2.93. The summed E-state index contributed by atoms with van der Waals surface area (Å²) >= 11 is 0. The Hall–Kier alpha value is -2.01. The van der Waals surface area contributed by atoms with Crippen LogP contribution in [-0.2, 0) is 4.74 Å². The van der Waals surface area contributed by atoms with Crippen molar-refractivity contribution in [2.75, 3.05) is 19.6 Å². The first-order valence-electron chi connectivity index (χ1n) is 7.72. The second-order valence-corrected chi connectivity index (χ2v) is 6.68. The molecule has 0 spiro atoms. The van der Waals surface area contributed by atoms with Crippen molar-refractivity contribution in [1.82, 2.24) is 15.2 Å². The van der Waals surface area contributed by atoms with Crippen molar-refractivity contribution in [3.63, 3.8) is 0 Å². The van der Waals surface area contributed by atoms with E-state index < -0.39 is 5.60 Å². The summed E-state index contributed by atoms with van der Waals surface area (Å²) in [7, 11) is 0. The molecule has 0 saturated carbocycles. The van der Waals surface area contributed by atoms with Gasteiger partial charge in [-0.2, -0.15) is 0 Å². The van der Waals surface area contributed by atoms with E-state index in [9.17, 15) is 4.79 Å². The molecule has 2 N–H and O–H groups in total. The van der Waals surface area contributed by atoms with Crippen molar-refractivity contribution in [2.24, 2.45) is 0 Å². The van der Waals surface area contributed by atoms with Crippen LogP contribution in [0.2, 0.25) is 0 Å². The standard InChI is InChI=1S/C17H23N3O2/c1-17(2,3)22-16(21)20-10-9-18-11-15(20)13-5-4-6-14-12(13)7-8-19-14/h4-8,15,18-19H,9-11H2,1-3H3. The van der Waals surface area contributed by atoms with E-state index in [4.69, 9.17) is 4.74 Å². The van der Waals surface area contributed by atoms with Crippen LogP contribution in [0.25, 0.3) is 10.9 Å². The van der Waals surface area contributed by atoms with Gasteiger partial charge in [-0.1, -0.05) is 12.1 Å². The number of hydrogen-bond acceptors (Lipinski definition) is 3. The molecule has 1 aromatic carbocycles. The third-order valence-corrected chi connectivity index (χ3v) is 3.86. The maximum absolute atomic E-state index is 12.5. The summed E-state index contributed by atoms with van der Waals surface area (Å²) in [5.74, 6) is 0. The van der Waals surface area contributed by atoms with Crippen molar-refractivity contribution in [1.29, 1.82) is 0 Å². The summed E-state index contributed by atoms with van der Waals surface area (Å²) in [5.41, 5.74) is 1.76. The Bertz CT molecular complexity index is 672. The van der Waals surface area contributed by atoms with Gasteiger partial charge in [0.05, 0.1) is 6.04 Å². The van der Waals surface area contributed by atoms with Crippen LogP contribution in [0.3, 0.4) is 0 Å². The first-order chi connectivity index (χ1) is 10.5. The van der Waals surface area contributed by atoms with Crippen LogP contribution >= 0.6 is 0 Å². The van der Waals surface area contributed by atoms with E-state index in [1.54, 1.807) is 0 Å². The van der Waals surface area contributed by atoms with E-state index in [-0.39, 0.29) is 12.1 Å². The van der Waals surface area contributed by atoms with Gasteiger partial charge in [0.2, 0.25) is 0 Å². The zero-order valence-electron chi connectivity index (χ0n) is 13.3. The monoisotopic (exact) mass is 301 g/mol. The lowest BCUT2D eigenvalue weighted by Crippen LogP contribution is -2.50. The number of rotatable bonds is 1. The van der Waals surface area contributed by atoms with Gasteiger partial charge in [0.1, 0.15) is 5.60 Å². The number of hydrogen-bond donors (Lipinski definition) is 2. The summed E-state index contributed by atoms with van der Waals surface area (Å²) < 4.78 is 5.57. The van der Waals surface area contributed by atoms with Gasteiger partial charge in [-0.15, -0.1) is 0 Å². The molecular formula is C17H23N3O2. The molecule has 1 aliphatic rings. The molecule has 1 atom stereocenters. The van der Waals surface area contributed by atoms with Gasteiger partial charge in [0, 0.05) is 36.7 Å². The molecule has 0 aliphatic carbocycles. The largest absolute Gasteiger partial charge is 0.444 e. The quantitative estimate of drug-likeness (QED) is 0.851.